The van der Waals surface area contributed by atoms with E-state index in [-0.39, 0.29) is 6.54 Å². The molecule has 0 N–H and O–H groups in total. The summed E-state index contributed by atoms with van der Waals surface area (Å²) in [5, 5.41) is 10.6. The molecule has 0 bridgehead atoms. The van der Waals surface area contributed by atoms with Crippen LogP contribution in [0, 0.1) is 15.9 Å². The minimum atomic E-state index is -0.464. The quantitative estimate of drug-likeness (QED) is 0.345. The van der Waals surface area contributed by atoms with Crippen molar-refractivity contribution in [2.24, 2.45) is 4.99 Å². The molecule has 4 nitrogen and oxygen atoms in total. The Morgan fingerprint density at radius 2 is 2.40 bits per heavy atom. The summed E-state index contributed by atoms with van der Waals surface area (Å²) < 4.78 is 12.8. The Kier molecular flexibility index (Phi) is 4.23. The lowest BCUT2D eigenvalue weighted by Gasteiger charge is -1.98. The summed E-state index contributed by atoms with van der Waals surface area (Å²) in [6.45, 7) is -0.336. The van der Waals surface area contributed by atoms with Crippen molar-refractivity contribution < 1.29 is 9.31 Å². The molecule has 0 spiro atoms. The van der Waals surface area contributed by atoms with E-state index in [0.717, 1.165) is 0 Å². The first kappa shape index (κ1) is 11.6. The van der Waals surface area contributed by atoms with Crippen LogP contribution in [0.25, 0.3) is 0 Å². The minimum absolute atomic E-state index is 0.336. The largest absolute Gasteiger partial charge is 0.264 e. The third-order valence-electron chi connectivity index (χ3n) is 1.56. The average Bonchev–Trinajstić information content (AvgIpc) is 2.16. The lowest BCUT2D eigenvalue weighted by molar-refractivity contribution is -0.462. The van der Waals surface area contributed by atoms with Crippen LogP contribution in [0.5, 0.6) is 0 Å². The first-order chi connectivity index (χ1) is 7.11. The van der Waals surface area contributed by atoms with Gasteiger partial charge in [-0.25, -0.2) is 9.38 Å². The summed E-state index contributed by atoms with van der Waals surface area (Å²) in [6.07, 6.45) is 1.70. The van der Waals surface area contributed by atoms with Crippen LogP contribution in [0.3, 0.4) is 0 Å². The van der Waals surface area contributed by atoms with Crippen molar-refractivity contribution >= 4 is 22.5 Å². The van der Waals surface area contributed by atoms with Gasteiger partial charge in [0.1, 0.15) is 10.9 Å². The number of benzene rings is 1. The van der Waals surface area contributed by atoms with Crippen LogP contribution in [-0.2, 0) is 0 Å². The van der Waals surface area contributed by atoms with Crippen molar-refractivity contribution in [3.63, 3.8) is 0 Å². The Morgan fingerprint density at radius 3 is 2.93 bits per heavy atom. The molecule has 0 amide bonds. The van der Waals surface area contributed by atoms with E-state index in [2.05, 4.69) is 4.99 Å². The zero-order valence-electron chi connectivity index (χ0n) is 8.01. The second-order valence-corrected chi connectivity index (χ2v) is 3.56. The van der Waals surface area contributed by atoms with Crippen molar-refractivity contribution in [2.75, 3.05) is 12.8 Å². The minimum Gasteiger partial charge on any atom is -0.264 e. The predicted molar refractivity (Wildman–Crippen MR) is 58.9 cm³/mol. The molecule has 1 rings (SSSR count). The molecule has 0 radical (unpaired) electrons. The highest BCUT2D eigenvalue weighted by molar-refractivity contribution is 8.13. The fourth-order valence-electron chi connectivity index (χ4n) is 0.946. The molecule has 0 unspecified atom stereocenters. The van der Waals surface area contributed by atoms with E-state index in [0.29, 0.717) is 10.7 Å². The highest BCUT2D eigenvalue weighted by Crippen LogP contribution is 2.15. The molecule has 1 aromatic carbocycles. The SMILES string of the molecule is CSC(C[N+](=O)[O-])=Nc1cccc(F)c1. The smallest absolute Gasteiger partial charge is 0.251 e. The molecule has 0 heterocycles. The normalized spacial score (nSPS) is 11.5. The van der Waals surface area contributed by atoms with Gasteiger partial charge in [-0.2, -0.15) is 0 Å². The summed E-state index contributed by atoms with van der Waals surface area (Å²) >= 11 is 1.18. The van der Waals surface area contributed by atoms with Crippen LogP contribution in [0.1, 0.15) is 0 Å². The van der Waals surface area contributed by atoms with Gasteiger partial charge < -0.3 is 0 Å². The predicted octanol–water partition coefficient (Wildman–Crippen LogP) is 2.50. The fraction of sp³-hybridized carbons (Fsp3) is 0.222. The van der Waals surface area contributed by atoms with Crippen LogP contribution in [0.4, 0.5) is 10.1 Å². The lowest BCUT2D eigenvalue weighted by Crippen LogP contribution is -2.09. The van der Waals surface area contributed by atoms with Crippen molar-refractivity contribution in [2.45, 2.75) is 0 Å². The fourth-order valence-corrected chi connectivity index (χ4v) is 1.38. The number of hydrogen-bond donors (Lipinski definition) is 0. The van der Waals surface area contributed by atoms with E-state index < -0.39 is 10.7 Å². The van der Waals surface area contributed by atoms with Gasteiger partial charge in [-0.1, -0.05) is 6.07 Å². The van der Waals surface area contributed by atoms with Gasteiger partial charge in [0.05, 0.1) is 5.69 Å². The molecule has 0 atom stereocenters. The first-order valence-corrected chi connectivity index (χ1v) is 5.33. The van der Waals surface area contributed by atoms with Gasteiger partial charge >= 0.3 is 0 Å². The third kappa shape index (κ3) is 4.07. The van der Waals surface area contributed by atoms with Crippen molar-refractivity contribution in [1.82, 2.24) is 0 Å². The lowest BCUT2D eigenvalue weighted by atomic mass is 10.3. The standard InChI is InChI=1S/C9H9FN2O2S/c1-15-9(6-12(13)14)11-8-4-2-3-7(10)5-8/h2-5H,6H2,1H3. The molecular formula is C9H9FN2O2S. The summed E-state index contributed by atoms with van der Waals surface area (Å²) in [5.74, 6) is -0.405. The van der Waals surface area contributed by atoms with Crippen molar-refractivity contribution in [3.05, 3.63) is 40.2 Å². The molecule has 0 saturated carbocycles. The number of nitrogens with zero attached hydrogens (tertiary/aromatic N) is 2. The van der Waals surface area contributed by atoms with Gasteiger partial charge in [0.25, 0.3) is 6.54 Å². The maximum absolute atomic E-state index is 12.8. The Hall–Kier alpha value is -1.43. The number of thioether (sulfide) groups is 1. The Morgan fingerprint density at radius 1 is 1.67 bits per heavy atom. The Balaban J connectivity index is 2.87. The molecular weight excluding hydrogens is 219 g/mol. The van der Waals surface area contributed by atoms with Gasteiger partial charge in [0, 0.05) is 4.92 Å². The highest BCUT2D eigenvalue weighted by atomic mass is 32.2. The monoisotopic (exact) mass is 228 g/mol. The van der Waals surface area contributed by atoms with E-state index in [1.807, 2.05) is 0 Å². The van der Waals surface area contributed by atoms with E-state index >= 15 is 0 Å². The number of nitro groups is 1. The van der Waals surface area contributed by atoms with Crippen LogP contribution in [0.2, 0.25) is 0 Å². The van der Waals surface area contributed by atoms with Crippen LogP contribution in [0.15, 0.2) is 29.3 Å². The molecule has 0 fully saturated rings. The third-order valence-corrected chi connectivity index (χ3v) is 2.25. The average molecular weight is 228 g/mol. The van der Waals surface area contributed by atoms with Gasteiger partial charge in [-0.3, -0.25) is 10.1 Å². The molecule has 0 aliphatic rings. The van der Waals surface area contributed by atoms with Gasteiger partial charge in [-0.15, -0.1) is 11.8 Å². The Bertz CT molecular complexity index is 395. The number of halogens is 1. The van der Waals surface area contributed by atoms with Gasteiger partial charge in [0.15, 0.2) is 0 Å². The number of hydrogen-bond acceptors (Lipinski definition) is 4. The number of rotatable bonds is 3. The summed E-state index contributed by atoms with van der Waals surface area (Å²) in [6, 6.07) is 5.64. The van der Waals surface area contributed by atoms with Crippen LogP contribution in [-0.4, -0.2) is 22.8 Å². The van der Waals surface area contributed by atoms with Crippen molar-refractivity contribution in [3.8, 4) is 0 Å². The summed E-state index contributed by atoms with van der Waals surface area (Å²) in [7, 11) is 0. The number of aliphatic imine (C=N–C) groups is 1. The topological polar surface area (TPSA) is 55.5 Å². The van der Waals surface area contributed by atoms with E-state index in [1.165, 1.54) is 30.0 Å². The second-order valence-electron chi connectivity index (χ2n) is 2.68. The van der Waals surface area contributed by atoms with Gasteiger partial charge in [0.2, 0.25) is 0 Å². The molecule has 0 aliphatic carbocycles. The molecule has 0 aromatic heterocycles. The van der Waals surface area contributed by atoms with Crippen molar-refractivity contribution in [1.29, 1.82) is 0 Å². The first-order valence-electron chi connectivity index (χ1n) is 4.10. The van der Waals surface area contributed by atoms with Crippen LogP contribution >= 0.6 is 11.8 Å². The highest BCUT2D eigenvalue weighted by Gasteiger charge is 2.06. The summed E-state index contributed by atoms with van der Waals surface area (Å²) in [5.41, 5.74) is 0.390. The van der Waals surface area contributed by atoms with Crippen LogP contribution < -0.4 is 0 Å². The Labute approximate surface area is 90.4 Å². The zero-order chi connectivity index (χ0) is 11.3. The van der Waals surface area contributed by atoms with E-state index in [4.69, 9.17) is 0 Å². The van der Waals surface area contributed by atoms with Gasteiger partial charge in [-0.05, 0) is 24.5 Å². The second kappa shape index (κ2) is 5.45. The maximum atomic E-state index is 12.8. The molecule has 1 aromatic rings. The molecule has 0 saturated heterocycles. The summed E-state index contributed by atoms with van der Waals surface area (Å²) in [4.78, 5) is 13.8. The molecule has 80 valence electrons. The molecule has 6 heteroatoms. The van der Waals surface area contributed by atoms with E-state index in [9.17, 15) is 14.5 Å². The zero-order valence-corrected chi connectivity index (χ0v) is 8.83. The molecule has 15 heavy (non-hydrogen) atoms. The van der Waals surface area contributed by atoms with E-state index in [1.54, 1.807) is 12.3 Å². The maximum Gasteiger partial charge on any atom is 0.251 e. The molecule has 0 aliphatic heterocycles.